The van der Waals surface area contributed by atoms with Crippen molar-refractivity contribution in [3.05, 3.63) is 83.2 Å². The van der Waals surface area contributed by atoms with Crippen LogP contribution in [0.4, 0.5) is 16.0 Å². The second-order valence-corrected chi connectivity index (χ2v) is 7.16. The van der Waals surface area contributed by atoms with E-state index in [4.69, 9.17) is 11.5 Å². The molecule has 0 amide bonds. The molecule has 34 heavy (non-hydrogen) atoms. The molecule has 0 saturated carbocycles. The van der Waals surface area contributed by atoms with Gasteiger partial charge in [-0.15, -0.1) is 0 Å². The Morgan fingerprint density at radius 3 is 2.38 bits per heavy atom. The smallest absolute Gasteiger partial charge is 0.268 e. The van der Waals surface area contributed by atoms with Crippen molar-refractivity contribution >= 4 is 22.5 Å². The van der Waals surface area contributed by atoms with Crippen molar-refractivity contribution in [3.63, 3.8) is 0 Å². The lowest BCUT2D eigenvalue weighted by Gasteiger charge is -2.13. The minimum Gasteiger partial charge on any atom is -0.383 e. The molecule has 3 heterocycles. The third kappa shape index (κ3) is 4.44. The van der Waals surface area contributed by atoms with E-state index in [1.165, 1.54) is 23.4 Å². The molecule has 2 aromatic carbocycles. The number of halogens is 1. The highest BCUT2D eigenvalue weighted by Crippen LogP contribution is 2.24. The lowest BCUT2D eigenvalue weighted by molar-refractivity contribution is 0.419. The number of benzene rings is 2. The number of anilines is 2. The predicted molar refractivity (Wildman–Crippen MR) is 125 cm³/mol. The molecule has 3 aromatic heterocycles. The van der Waals surface area contributed by atoms with E-state index in [0.29, 0.717) is 29.0 Å². The van der Waals surface area contributed by atoms with Gasteiger partial charge in [0.05, 0.1) is 11.2 Å². The van der Waals surface area contributed by atoms with Gasteiger partial charge in [0, 0.05) is 6.42 Å². The topological polar surface area (TPSA) is 152 Å². The van der Waals surface area contributed by atoms with Crippen LogP contribution in [-0.4, -0.2) is 29.7 Å². The second kappa shape index (κ2) is 9.86. The summed E-state index contributed by atoms with van der Waals surface area (Å²) in [5, 5.41) is 3.62. The summed E-state index contributed by atoms with van der Waals surface area (Å²) in [5.41, 5.74) is 12.3. The van der Waals surface area contributed by atoms with Gasteiger partial charge in [-0.05, 0) is 30.7 Å². The summed E-state index contributed by atoms with van der Waals surface area (Å²) < 4.78 is 20.1. The van der Waals surface area contributed by atoms with Gasteiger partial charge in [0.25, 0.3) is 5.56 Å². The van der Waals surface area contributed by atoms with Crippen LogP contribution in [0.25, 0.3) is 28.0 Å². The van der Waals surface area contributed by atoms with Gasteiger partial charge in [0.15, 0.2) is 0 Å². The Morgan fingerprint density at radius 1 is 1.00 bits per heavy atom. The van der Waals surface area contributed by atoms with Crippen LogP contribution in [0.3, 0.4) is 0 Å². The third-order valence-corrected chi connectivity index (χ3v) is 4.90. The van der Waals surface area contributed by atoms with Crippen molar-refractivity contribution in [1.82, 2.24) is 29.7 Å². The number of para-hydroxylation sites is 1. The molecule has 0 fully saturated rings. The Kier molecular flexibility index (Phi) is 6.53. The Labute approximate surface area is 193 Å². The van der Waals surface area contributed by atoms with E-state index in [1.54, 1.807) is 12.1 Å². The molecular weight excluding hydrogens is 439 g/mol. The molecule has 172 valence electrons. The van der Waals surface area contributed by atoms with Gasteiger partial charge < -0.3 is 16.0 Å². The molecule has 0 aliphatic heterocycles. The number of hydrogen-bond donors (Lipinski definition) is 2. The fraction of sp³-hybridized carbons (Fsp3) is 0.130. The summed E-state index contributed by atoms with van der Waals surface area (Å²) in [6.07, 6.45) is 3.98. The van der Waals surface area contributed by atoms with Gasteiger partial charge in [0.2, 0.25) is 12.2 Å². The first-order valence-corrected chi connectivity index (χ1v) is 10.4. The SMILES string of the molecule is CCCc1nc2cccc(F)c2c(=O)n1-c1ccccc1.Nc1ncnc(N)c1-c1ncon1. The summed E-state index contributed by atoms with van der Waals surface area (Å²) in [7, 11) is 0. The average Bonchev–Trinajstić information content (AvgIpc) is 3.35. The maximum Gasteiger partial charge on any atom is 0.268 e. The largest absolute Gasteiger partial charge is 0.383 e. The molecule has 5 aromatic rings. The molecule has 5 rings (SSSR count). The lowest BCUT2D eigenvalue weighted by Crippen LogP contribution is -2.24. The monoisotopic (exact) mass is 460 g/mol. The van der Waals surface area contributed by atoms with Gasteiger partial charge in [-0.3, -0.25) is 9.36 Å². The predicted octanol–water partition coefficient (Wildman–Crippen LogP) is 3.17. The van der Waals surface area contributed by atoms with Crippen molar-refractivity contribution < 1.29 is 8.91 Å². The lowest BCUT2D eigenvalue weighted by atomic mass is 10.2. The minimum absolute atomic E-state index is 0.0428. The summed E-state index contributed by atoms with van der Waals surface area (Å²) >= 11 is 0. The zero-order chi connectivity index (χ0) is 24.1. The molecule has 0 unspecified atom stereocenters. The molecule has 0 atom stereocenters. The molecule has 0 spiro atoms. The van der Waals surface area contributed by atoms with Crippen LogP contribution in [0.1, 0.15) is 19.2 Å². The summed E-state index contributed by atoms with van der Waals surface area (Å²) in [6.45, 7) is 2.03. The van der Waals surface area contributed by atoms with Gasteiger partial charge in [-0.25, -0.2) is 19.3 Å². The van der Waals surface area contributed by atoms with Crippen molar-refractivity contribution in [3.8, 4) is 17.1 Å². The van der Waals surface area contributed by atoms with Crippen molar-refractivity contribution in [2.45, 2.75) is 19.8 Å². The quantitative estimate of drug-likeness (QED) is 0.412. The van der Waals surface area contributed by atoms with Gasteiger partial charge in [-0.1, -0.05) is 36.3 Å². The Hall–Kier alpha value is -4.67. The van der Waals surface area contributed by atoms with Gasteiger partial charge in [0.1, 0.15) is 40.6 Å². The van der Waals surface area contributed by atoms with E-state index >= 15 is 0 Å². The molecule has 0 radical (unpaired) electrons. The van der Waals surface area contributed by atoms with Crippen molar-refractivity contribution in [2.75, 3.05) is 11.5 Å². The van der Waals surface area contributed by atoms with Crippen LogP contribution in [0, 0.1) is 5.82 Å². The van der Waals surface area contributed by atoms with E-state index in [1.807, 2.05) is 37.3 Å². The molecular formula is C23H21FN8O2. The average molecular weight is 460 g/mol. The van der Waals surface area contributed by atoms with Crippen molar-refractivity contribution in [2.24, 2.45) is 0 Å². The Balaban J connectivity index is 0.000000180. The maximum absolute atomic E-state index is 14.0. The van der Waals surface area contributed by atoms with E-state index in [0.717, 1.165) is 6.42 Å². The molecule has 4 N–H and O–H groups in total. The van der Waals surface area contributed by atoms with Gasteiger partial charge >= 0.3 is 0 Å². The summed E-state index contributed by atoms with van der Waals surface area (Å²) in [5.74, 6) is 0.878. The van der Waals surface area contributed by atoms with Crippen LogP contribution in [0.5, 0.6) is 0 Å². The zero-order valence-electron chi connectivity index (χ0n) is 18.2. The highest BCUT2D eigenvalue weighted by molar-refractivity contribution is 5.79. The number of rotatable bonds is 4. The number of hydrogen-bond acceptors (Lipinski definition) is 9. The minimum atomic E-state index is -0.530. The highest BCUT2D eigenvalue weighted by Gasteiger charge is 2.15. The number of aromatic nitrogens is 6. The van der Waals surface area contributed by atoms with E-state index in [9.17, 15) is 9.18 Å². The van der Waals surface area contributed by atoms with Crippen LogP contribution in [-0.2, 0) is 6.42 Å². The molecule has 0 bridgehead atoms. The highest BCUT2D eigenvalue weighted by atomic mass is 19.1. The number of nitrogens with zero attached hydrogens (tertiary/aromatic N) is 6. The fourth-order valence-electron chi connectivity index (χ4n) is 3.39. The number of nitrogen functional groups attached to an aromatic ring is 2. The summed E-state index contributed by atoms with van der Waals surface area (Å²) in [6, 6.07) is 13.8. The number of aryl methyl sites for hydroxylation is 1. The first kappa shape index (κ1) is 22.5. The van der Waals surface area contributed by atoms with Crippen LogP contribution in [0.2, 0.25) is 0 Å². The normalized spacial score (nSPS) is 10.6. The first-order chi connectivity index (χ1) is 16.5. The zero-order valence-corrected chi connectivity index (χ0v) is 18.2. The number of nitrogens with two attached hydrogens (primary N) is 2. The molecule has 0 saturated heterocycles. The molecule has 10 nitrogen and oxygen atoms in total. The second-order valence-electron chi connectivity index (χ2n) is 7.16. The Bertz CT molecular complexity index is 1450. The van der Waals surface area contributed by atoms with Crippen LogP contribution in [0.15, 0.2) is 70.6 Å². The maximum atomic E-state index is 14.0. The first-order valence-electron chi connectivity index (χ1n) is 10.4. The van der Waals surface area contributed by atoms with E-state index < -0.39 is 5.82 Å². The fourth-order valence-corrected chi connectivity index (χ4v) is 3.39. The third-order valence-electron chi connectivity index (χ3n) is 4.90. The standard InChI is InChI=1S/C17H15FN2O.C6H6N6O/c1-2-7-15-19-14-11-6-10-13(18)16(14)17(21)20(15)12-8-4-3-5-9-12;7-4-3(5(8)10-1-9-4)6-11-2-13-12-6/h3-6,8-11H,2,7H2,1H3;1-2H,(H4,7,8,9,10). The van der Waals surface area contributed by atoms with Crippen LogP contribution >= 0.6 is 0 Å². The van der Waals surface area contributed by atoms with Crippen molar-refractivity contribution in [1.29, 1.82) is 0 Å². The van der Waals surface area contributed by atoms with E-state index in [2.05, 4.69) is 29.6 Å². The number of fused-ring (bicyclic) bond motifs is 1. The van der Waals surface area contributed by atoms with E-state index in [-0.39, 0.29) is 28.4 Å². The molecule has 0 aliphatic carbocycles. The van der Waals surface area contributed by atoms with Gasteiger partial charge in [-0.2, -0.15) is 4.98 Å². The van der Waals surface area contributed by atoms with Crippen LogP contribution < -0.4 is 17.0 Å². The summed E-state index contributed by atoms with van der Waals surface area (Å²) in [4.78, 5) is 28.5. The Morgan fingerprint density at radius 2 is 1.74 bits per heavy atom. The molecule has 0 aliphatic rings. The molecule has 11 heteroatoms.